The third kappa shape index (κ3) is 7.99. The summed E-state index contributed by atoms with van der Waals surface area (Å²) in [6.07, 6.45) is 5.92. The molecule has 186 valence electrons. The second-order valence-corrected chi connectivity index (χ2v) is 8.44. The van der Waals surface area contributed by atoms with E-state index in [0.29, 0.717) is 34.9 Å². The van der Waals surface area contributed by atoms with Crippen LogP contribution in [0, 0.1) is 10.1 Å². The Balaban J connectivity index is 1.63. The van der Waals surface area contributed by atoms with Crippen LogP contribution in [0.2, 0.25) is 0 Å². The van der Waals surface area contributed by atoms with Crippen LogP contribution in [0.3, 0.4) is 0 Å². The lowest BCUT2D eigenvalue weighted by molar-refractivity contribution is -0.400. The fourth-order valence-corrected chi connectivity index (χ4v) is 3.49. The first-order valence-electron chi connectivity index (χ1n) is 10.9. The van der Waals surface area contributed by atoms with E-state index in [9.17, 15) is 14.9 Å². The first-order valence-corrected chi connectivity index (χ1v) is 11.7. The Labute approximate surface area is 217 Å². The Kier molecular flexibility index (Phi) is 9.64. The van der Waals surface area contributed by atoms with Crippen LogP contribution < -0.4 is 19.5 Å². The number of nitrogens with zero attached hydrogens (tertiary/aromatic N) is 1. The molecule has 1 amide bonds. The third-order valence-corrected chi connectivity index (χ3v) is 5.60. The smallest absolute Gasteiger partial charge is 0.258 e. The number of nitro groups is 1. The van der Waals surface area contributed by atoms with Crippen molar-refractivity contribution in [2.45, 2.75) is 6.54 Å². The SMILES string of the molecule is COc1cc(/C=C/c2ccc(OCC(=O)NCc3ccc(Br)cc3)cc2)c(/C=C/[N+](=O)[O-])c(OC)c1. The van der Waals surface area contributed by atoms with Gasteiger partial charge in [-0.3, -0.25) is 14.9 Å². The van der Waals surface area contributed by atoms with Crippen molar-refractivity contribution in [1.29, 1.82) is 0 Å². The zero-order valence-electron chi connectivity index (χ0n) is 19.8. The molecular weight excluding hydrogens is 528 g/mol. The molecule has 0 aliphatic heterocycles. The van der Waals surface area contributed by atoms with Crippen molar-refractivity contribution in [2.24, 2.45) is 0 Å². The molecule has 1 N–H and O–H groups in total. The minimum absolute atomic E-state index is 0.0958. The number of benzene rings is 3. The maximum absolute atomic E-state index is 12.1. The van der Waals surface area contributed by atoms with E-state index in [4.69, 9.17) is 14.2 Å². The molecule has 0 unspecified atom stereocenters. The molecule has 0 aromatic heterocycles. The summed E-state index contributed by atoms with van der Waals surface area (Å²) < 4.78 is 17.3. The Hall–Kier alpha value is -4.11. The maximum Gasteiger partial charge on any atom is 0.258 e. The lowest BCUT2D eigenvalue weighted by Gasteiger charge is -2.11. The second kappa shape index (κ2) is 13.1. The third-order valence-electron chi connectivity index (χ3n) is 5.07. The van der Waals surface area contributed by atoms with Gasteiger partial charge in [-0.2, -0.15) is 0 Å². The Morgan fingerprint density at radius 3 is 2.33 bits per heavy atom. The summed E-state index contributed by atoms with van der Waals surface area (Å²) in [4.78, 5) is 22.4. The van der Waals surface area contributed by atoms with Gasteiger partial charge in [0.2, 0.25) is 6.20 Å². The summed E-state index contributed by atoms with van der Waals surface area (Å²) in [6.45, 7) is 0.328. The number of methoxy groups -OCH3 is 2. The first kappa shape index (κ1) is 26.5. The number of amides is 1. The molecule has 0 radical (unpaired) electrons. The quantitative estimate of drug-likeness (QED) is 0.189. The molecule has 0 aliphatic carbocycles. The highest BCUT2D eigenvalue weighted by Gasteiger charge is 2.10. The normalized spacial score (nSPS) is 11.0. The number of nitrogens with one attached hydrogen (secondary N) is 1. The Morgan fingerprint density at radius 1 is 0.972 bits per heavy atom. The van der Waals surface area contributed by atoms with E-state index in [1.54, 1.807) is 24.3 Å². The van der Waals surface area contributed by atoms with E-state index in [1.165, 1.54) is 20.3 Å². The maximum atomic E-state index is 12.1. The number of hydrogen-bond acceptors (Lipinski definition) is 6. The van der Waals surface area contributed by atoms with Crippen molar-refractivity contribution >= 4 is 40.1 Å². The van der Waals surface area contributed by atoms with E-state index in [-0.39, 0.29) is 12.5 Å². The van der Waals surface area contributed by atoms with Crippen LogP contribution in [0.15, 0.2) is 71.3 Å². The van der Waals surface area contributed by atoms with Crippen molar-refractivity contribution in [1.82, 2.24) is 5.32 Å². The molecule has 8 nitrogen and oxygen atoms in total. The number of halogens is 1. The minimum atomic E-state index is -0.531. The van der Waals surface area contributed by atoms with E-state index in [0.717, 1.165) is 21.8 Å². The summed E-state index contributed by atoms with van der Waals surface area (Å²) in [5, 5.41) is 13.6. The number of ether oxygens (including phenoxy) is 3. The fourth-order valence-electron chi connectivity index (χ4n) is 3.22. The molecule has 0 aliphatic rings. The van der Waals surface area contributed by atoms with Gasteiger partial charge in [0.05, 0.1) is 19.1 Å². The zero-order chi connectivity index (χ0) is 25.9. The molecule has 0 atom stereocenters. The molecule has 0 saturated carbocycles. The molecule has 0 bridgehead atoms. The van der Waals surface area contributed by atoms with Gasteiger partial charge in [0.25, 0.3) is 5.91 Å². The molecule has 0 fully saturated rings. The van der Waals surface area contributed by atoms with Gasteiger partial charge in [-0.15, -0.1) is 0 Å². The van der Waals surface area contributed by atoms with E-state index in [1.807, 2.05) is 48.6 Å². The van der Waals surface area contributed by atoms with Gasteiger partial charge in [0.15, 0.2) is 6.61 Å². The highest BCUT2D eigenvalue weighted by molar-refractivity contribution is 9.10. The van der Waals surface area contributed by atoms with E-state index in [2.05, 4.69) is 21.2 Å². The van der Waals surface area contributed by atoms with E-state index >= 15 is 0 Å². The lowest BCUT2D eigenvalue weighted by Crippen LogP contribution is -2.28. The van der Waals surface area contributed by atoms with Gasteiger partial charge in [-0.25, -0.2) is 0 Å². The standard InChI is InChI=1S/C27H25BrN2O6/c1-34-24-15-21(25(13-14-30(32)33)26(16-24)35-2)8-3-19-6-11-23(12-7-19)36-18-27(31)29-17-20-4-9-22(28)10-5-20/h3-16H,17-18H2,1-2H3,(H,29,31)/b8-3+,14-13+. The predicted octanol–water partition coefficient (Wildman–Crippen LogP) is 5.58. The van der Waals surface area contributed by atoms with Gasteiger partial charge < -0.3 is 19.5 Å². The monoisotopic (exact) mass is 552 g/mol. The number of carbonyl (C=O) groups is 1. The average molecular weight is 553 g/mol. The number of carbonyl (C=O) groups excluding carboxylic acids is 1. The van der Waals surface area contributed by atoms with Gasteiger partial charge in [0, 0.05) is 28.7 Å². The van der Waals surface area contributed by atoms with Crippen molar-refractivity contribution in [2.75, 3.05) is 20.8 Å². The highest BCUT2D eigenvalue weighted by Crippen LogP contribution is 2.31. The summed E-state index contributed by atoms with van der Waals surface area (Å²) in [5.74, 6) is 1.36. The Bertz CT molecular complexity index is 1250. The Morgan fingerprint density at radius 2 is 1.69 bits per heavy atom. The average Bonchev–Trinajstić information content (AvgIpc) is 2.89. The van der Waals surface area contributed by atoms with Crippen LogP contribution in [0.25, 0.3) is 18.2 Å². The van der Waals surface area contributed by atoms with Crippen LogP contribution in [0.5, 0.6) is 17.2 Å². The van der Waals surface area contributed by atoms with Crippen LogP contribution in [0.4, 0.5) is 0 Å². The summed E-state index contributed by atoms with van der Waals surface area (Å²) in [5.41, 5.74) is 3.11. The largest absolute Gasteiger partial charge is 0.497 e. The molecule has 3 aromatic rings. The van der Waals surface area contributed by atoms with E-state index < -0.39 is 4.92 Å². The summed E-state index contributed by atoms with van der Waals surface area (Å²) in [6, 6.07) is 18.3. The van der Waals surface area contributed by atoms with Crippen LogP contribution in [-0.4, -0.2) is 31.7 Å². The van der Waals surface area contributed by atoms with Gasteiger partial charge in [-0.1, -0.05) is 52.3 Å². The molecule has 0 saturated heterocycles. The number of rotatable bonds is 11. The second-order valence-electron chi connectivity index (χ2n) is 7.53. The molecule has 36 heavy (non-hydrogen) atoms. The zero-order valence-corrected chi connectivity index (χ0v) is 21.4. The molecule has 3 rings (SSSR count). The lowest BCUT2D eigenvalue weighted by atomic mass is 10.0. The van der Waals surface area contributed by atoms with Gasteiger partial charge in [-0.05, 0) is 47.0 Å². The molecular formula is C27H25BrN2O6. The number of hydrogen-bond donors (Lipinski definition) is 1. The predicted molar refractivity (Wildman–Crippen MR) is 142 cm³/mol. The molecule has 0 spiro atoms. The van der Waals surface area contributed by atoms with Crippen molar-refractivity contribution < 1.29 is 23.9 Å². The molecule has 9 heteroatoms. The van der Waals surface area contributed by atoms with Crippen LogP contribution in [-0.2, 0) is 11.3 Å². The summed E-state index contributed by atoms with van der Waals surface area (Å²) in [7, 11) is 3.03. The highest BCUT2D eigenvalue weighted by atomic mass is 79.9. The minimum Gasteiger partial charge on any atom is -0.497 e. The fraction of sp³-hybridized carbons (Fsp3) is 0.148. The van der Waals surface area contributed by atoms with Gasteiger partial charge in [0.1, 0.15) is 17.2 Å². The van der Waals surface area contributed by atoms with Crippen LogP contribution in [0.1, 0.15) is 22.3 Å². The molecule has 3 aromatic carbocycles. The molecule has 0 heterocycles. The summed E-state index contributed by atoms with van der Waals surface area (Å²) >= 11 is 3.38. The van der Waals surface area contributed by atoms with Gasteiger partial charge >= 0.3 is 0 Å². The first-order chi connectivity index (χ1) is 17.4. The topological polar surface area (TPSA) is 99.9 Å². The van der Waals surface area contributed by atoms with Crippen LogP contribution >= 0.6 is 15.9 Å². The van der Waals surface area contributed by atoms with Crippen molar-refractivity contribution in [3.05, 3.63) is 104 Å². The van der Waals surface area contributed by atoms with Crippen molar-refractivity contribution in [3.8, 4) is 17.2 Å². The van der Waals surface area contributed by atoms with Crippen molar-refractivity contribution in [3.63, 3.8) is 0 Å².